The monoisotopic (exact) mass is 194 g/mol. The van der Waals surface area contributed by atoms with Crippen LogP contribution in [0.1, 0.15) is 19.8 Å². The highest BCUT2D eigenvalue weighted by Gasteiger charge is 2.26. The molecule has 0 unspecified atom stereocenters. The van der Waals surface area contributed by atoms with Gasteiger partial charge in [-0.25, -0.2) is 0 Å². The van der Waals surface area contributed by atoms with Crippen molar-refractivity contribution in [3.63, 3.8) is 0 Å². The van der Waals surface area contributed by atoms with Gasteiger partial charge in [-0.2, -0.15) is 0 Å². The van der Waals surface area contributed by atoms with Crippen molar-refractivity contribution in [2.75, 3.05) is 26.7 Å². The van der Waals surface area contributed by atoms with Crippen LogP contribution >= 0.6 is 0 Å². The van der Waals surface area contributed by atoms with Crippen molar-refractivity contribution >= 4 is 5.91 Å². The van der Waals surface area contributed by atoms with Crippen molar-refractivity contribution in [3.8, 4) is 0 Å². The number of carbonyl (C=O) groups is 1. The third kappa shape index (κ3) is 1.98. The second-order valence-corrected chi connectivity index (χ2v) is 4.46. The molecule has 0 spiro atoms. The van der Waals surface area contributed by atoms with Gasteiger partial charge in [0.2, 0.25) is 5.91 Å². The summed E-state index contributed by atoms with van der Waals surface area (Å²) >= 11 is 0. The van der Waals surface area contributed by atoms with E-state index in [2.05, 4.69) is 5.32 Å². The molecule has 0 atom stereocenters. The average molecular weight is 194 g/mol. The van der Waals surface area contributed by atoms with Crippen LogP contribution in [-0.4, -0.2) is 37.5 Å². The van der Waals surface area contributed by atoms with Crippen molar-refractivity contribution in [2.45, 2.75) is 19.8 Å². The molecule has 1 saturated heterocycles. The predicted molar refractivity (Wildman–Crippen MR) is 55.9 cm³/mol. The van der Waals surface area contributed by atoms with Crippen molar-refractivity contribution in [3.05, 3.63) is 11.1 Å². The van der Waals surface area contributed by atoms with Gasteiger partial charge in [-0.3, -0.25) is 4.79 Å². The Kier molecular flexibility index (Phi) is 2.59. The zero-order valence-electron chi connectivity index (χ0n) is 8.97. The first-order chi connectivity index (χ1) is 6.68. The number of hydrogen-bond donors (Lipinski definition) is 1. The van der Waals surface area contributed by atoms with E-state index in [1.54, 1.807) is 0 Å². The van der Waals surface area contributed by atoms with Gasteiger partial charge in [-0.15, -0.1) is 0 Å². The number of carbonyl (C=O) groups excluding carboxylic acids is 1. The second-order valence-electron chi connectivity index (χ2n) is 4.46. The molecule has 1 heterocycles. The van der Waals surface area contributed by atoms with E-state index in [4.69, 9.17) is 0 Å². The Labute approximate surface area is 85.2 Å². The standard InChI is InChI=1S/C11H18N2O/c1-8(10-5-12-6-10)11(14)13(2)7-9-3-4-9/h9,12H,3-7H2,1-2H3. The highest BCUT2D eigenvalue weighted by Crippen LogP contribution is 2.29. The Balaban J connectivity index is 1.91. The number of nitrogens with one attached hydrogen (secondary N) is 1. The summed E-state index contributed by atoms with van der Waals surface area (Å²) in [6, 6.07) is 0. The molecule has 0 aromatic heterocycles. The molecular weight excluding hydrogens is 176 g/mol. The maximum absolute atomic E-state index is 11.9. The number of nitrogens with zero attached hydrogens (tertiary/aromatic N) is 1. The maximum Gasteiger partial charge on any atom is 0.249 e. The molecule has 0 radical (unpaired) electrons. The number of likely N-dealkylation sites (N-methyl/N-ethyl adjacent to an activating group) is 1. The van der Waals surface area contributed by atoms with Crippen LogP contribution in [0.2, 0.25) is 0 Å². The van der Waals surface area contributed by atoms with Crippen LogP contribution < -0.4 is 5.32 Å². The van der Waals surface area contributed by atoms with Gasteiger partial charge in [0.05, 0.1) is 0 Å². The third-order valence-corrected chi connectivity index (χ3v) is 3.10. The summed E-state index contributed by atoms with van der Waals surface area (Å²) in [5.74, 6) is 0.995. The molecule has 1 saturated carbocycles. The summed E-state index contributed by atoms with van der Waals surface area (Å²) in [6.45, 7) is 4.68. The molecule has 1 N–H and O–H groups in total. The Hall–Kier alpha value is -0.830. The minimum absolute atomic E-state index is 0.216. The average Bonchev–Trinajstić information content (AvgIpc) is 2.83. The molecule has 1 aliphatic carbocycles. The predicted octanol–water partition coefficient (Wildman–Crippen LogP) is 0.774. The normalized spacial score (nSPS) is 20.3. The molecule has 2 rings (SSSR count). The molecule has 3 heteroatoms. The van der Waals surface area contributed by atoms with Crippen LogP contribution in [0.3, 0.4) is 0 Å². The summed E-state index contributed by atoms with van der Waals surface area (Å²) in [5.41, 5.74) is 2.23. The summed E-state index contributed by atoms with van der Waals surface area (Å²) < 4.78 is 0. The lowest BCUT2D eigenvalue weighted by Crippen LogP contribution is -2.38. The van der Waals surface area contributed by atoms with Gasteiger partial charge in [0, 0.05) is 32.3 Å². The van der Waals surface area contributed by atoms with E-state index >= 15 is 0 Å². The Morgan fingerprint density at radius 3 is 2.57 bits per heavy atom. The Bertz CT molecular complexity index is 273. The van der Waals surface area contributed by atoms with Crippen molar-refractivity contribution in [2.24, 2.45) is 5.92 Å². The molecule has 14 heavy (non-hydrogen) atoms. The molecule has 1 amide bonds. The van der Waals surface area contributed by atoms with E-state index in [9.17, 15) is 4.79 Å². The van der Waals surface area contributed by atoms with E-state index in [-0.39, 0.29) is 5.91 Å². The van der Waals surface area contributed by atoms with Crippen LogP contribution in [-0.2, 0) is 4.79 Å². The lowest BCUT2D eigenvalue weighted by Gasteiger charge is -2.24. The smallest absolute Gasteiger partial charge is 0.249 e. The lowest BCUT2D eigenvalue weighted by molar-refractivity contribution is -0.126. The van der Waals surface area contributed by atoms with E-state index in [1.165, 1.54) is 18.4 Å². The molecular formula is C11H18N2O. The van der Waals surface area contributed by atoms with Gasteiger partial charge in [0.15, 0.2) is 0 Å². The first kappa shape index (κ1) is 9.71. The van der Waals surface area contributed by atoms with Crippen molar-refractivity contribution in [1.29, 1.82) is 0 Å². The number of amides is 1. The molecule has 1 aliphatic heterocycles. The van der Waals surface area contributed by atoms with Crippen LogP contribution in [0.15, 0.2) is 11.1 Å². The molecule has 0 aromatic rings. The summed E-state index contributed by atoms with van der Waals surface area (Å²) in [6.07, 6.45) is 2.60. The highest BCUT2D eigenvalue weighted by molar-refractivity contribution is 5.93. The topological polar surface area (TPSA) is 32.3 Å². The minimum Gasteiger partial charge on any atom is -0.342 e. The van der Waals surface area contributed by atoms with Crippen molar-refractivity contribution < 1.29 is 4.79 Å². The Morgan fingerprint density at radius 2 is 2.14 bits per heavy atom. The van der Waals surface area contributed by atoms with Gasteiger partial charge in [-0.05, 0) is 31.3 Å². The third-order valence-electron chi connectivity index (χ3n) is 3.10. The van der Waals surface area contributed by atoms with Gasteiger partial charge >= 0.3 is 0 Å². The van der Waals surface area contributed by atoms with Crippen molar-refractivity contribution in [1.82, 2.24) is 10.2 Å². The maximum atomic E-state index is 11.9. The lowest BCUT2D eigenvalue weighted by atomic mass is 10.0. The van der Waals surface area contributed by atoms with Gasteiger partial charge in [0.1, 0.15) is 0 Å². The number of rotatable bonds is 3. The first-order valence-electron chi connectivity index (χ1n) is 5.33. The molecule has 2 aliphatic rings. The van der Waals surface area contributed by atoms with Gasteiger partial charge in [-0.1, -0.05) is 0 Å². The molecule has 0 aromatic carbocycles. The van der Waals surface area contributed by atoms with E-state index < -0.39 is 0 Å². The fourth-order valence-corrected chi connectivity index (χ4v) is 1.72. The SMILES string of the molecule is CC(C(=O)N(C)CC1CC1)=C1CNC1. The summed E-state index contributed by atoms with van der Waals surface area (Å²) in [5, 5.41) is 3.16. The van der Waals surface area contributed by atoms with Crippen LogP contribution in [0.5, 0.6) is 0 Å². The van der Waals surface area contributed by atoms with Crippen LogP contribution in [0.25, 0.3) is 0 Å². The van der Waals surface area contributed by atoms with E-state index in [0.29, 0.717) is 0 Å². The van der Waals surface area contributed by atoms with Crippen LogP contribution in [0.4, 0.5) is 0 Å². The van der Waals surface area contributed by atoms with E-state index in [1.807, 2.05) is 18.9 Å². The van der Waals surface area contributed by atoms with Gasteiger partial charge in [0.25, 0.3) is 0 Å². The first-order valence-corrected chi connectivity index (χ1v) is 5.33. The molecule has 78 valence electrons. The van der Waals surface area contributed by atoms with Crippen LogP contribution in [0, 0.1) is 5.92 Å². The zero-order chi connectivity index (χ0) is 10.1. The second kappa shape index (κ2) is 3.73. The fraction of sp³-hybridized carbons (Fsp3) is 0.727. The molecule has 0 bridgehead atoms. The zero-order valence-corrected chi connectivity index (χ0v) is 8.97. The Morgan fingerprint density at radius 1 is 1.50 bits per heavy atom. The van der Waals surface area contributed by atoms with E-state index in [0.717, 1.165) is 31.1 Å². The van der Waals surface area contributed by atoms with Gasteiger partial charge < -0.3 is 10.2 Å². The largest absolute Gasteiger partial charge is 0.342 e. The quantitative estimate of drug-likeness (QED) is 0.673. The number of hydrogen-bond acceptors (Lipinski definition) is 2. The molecule has 3 nitrogen and oxygen atoms in total. The summed E-state index contributed by atoms with van der Waals surface area (Å²) in [7, 11) is 1.91. The highest BCUT2D eigenvalue weighted by atomic mass is 16.2. The fourth-order valence-electron chi connectivity index (χ4n) is 1.72. The summed E-state index contributed by atoms with van der Waals surface area (Å²) in [4.78, 5) is 13.8. The minimum atomic E-state index is 0.216. The molecule has 2 fully saturated rings.